The molecule has 0 aromatic heterocycles. The number of benzene rings is 1. The van der Waals surface area contributed by atoms with Crippen LogP contribution in [-0.2, 0) is 16.0 Å². The van der Waals surface area contributed by atoms with Gasteiger partial charge in [0.25, 0.3) is 0 Å². The normalized spacial score (nSPS) is 20.3. The van der Waals surface area contributed by atoms with Crippen molar-refractivity contribution in [2.75, 3.05) is 27.3 Å². The predicted molar refractivity (Wildman–Crippen MR) is 122 cm³/mol. The Morgan fingerprint density at radius 1 is 1.07 bits per heavy atom. The van der Waals surface area contributed by atoms with Crippen LogP contribution in [0.5, 0.6) is 0 Å². The van der Waals surface area contributed by atoms with Crippen LogP contribution in [0, 0.1) is 5.92 Å². The third-order valence-electron chi connectivity index (χ3n) is 6.57. The van der Waals surface area contributed by atoms with E-state index in [0.717, 1.165) is 51.7 Å². The first kappa shape index (κ1) is 25.2. The Morgan fingerprint density at radius 2 is 1.69 bits per heavy atom. The molecule has 29 heavy (non-hydrogen) atoms. The van der Waals surface area contributed by atoms with Crippen molar-refractivity contribution in [2.45, 2.75) is 80.5 Å². The molecule has 1 aliphatic heterocycles. The average molecular weight is 509 g/mol. The Bertz CT molecular complexity index is 549. The Morgan fingerprint density at radius 3 is 2.28 bits per heavy atom. The van der Waals surface area contributed by atoms with Crippen molar-refractivity contribution in [3.05, 3.63) is 35.9 Å². The van der Waals surface area contributed by atoms with Crippen LogP contribution in [0.2, 0.25) is 0 Å². The number of halogens is 1. The minimum atomic E-state index is -0.913. The molecule has 0 spiro atoms. The van der Waals surface area contributed by atoms with Gasteiger partial charge in [0.2, 0.25) is 0 Å². The van der Waals surface area contributed by atoms with Gasteiger partial charge >= 0.3 is 193 Å². The second-order valence-corrected chi connectivity index (χ2v) is 14.1. The molecule has 0 radical (unpaired) electrons. The van der Waals surface area contributed by atoms with Gasteiger partial charge in [-0.3, -0.25) is 0 Å². The molecule has 1 heterocycles. The Kier molecular flexibility index (Phi) is 11.6. The summed E-state index contributed by atoms with van der Waals surface area (Å²) in [6, 6.07) is 10.7. The standard InChI is InChI=1S/C24H39FNO2.In.2H/c1-4-8-23(27-2)24(28-3)14-13-22(25)12-11-20-15-17-26(18-16-20)19-21-9-6-5-7-10-21;;;/h5-7,9-10,20,23-24H,4,8,11-19H2,1-3H3;;;. The fraction of sp³-hybridized carbons (Fsp3) is 0.750. The van der Waals surface area contributed by atoms with Crippen molar-refractivity contribution in [3.63, 3.8) is 0 Å². The molecule has 1 aromatic carbocycles. The van der Waals surface area contributed by atoms with Crippen molar-refractivity contribution < 1.29 is 13.9 Å². The fourth-order valence-corrected chi connectivity index (χ4v) is 6.19. The molecule has 1 fully saturated rings. The van der Waals surface area contributed by atoms with Gasteiger partial charge in [-0.15, -0.1) is 0 Å². The van der Waals surface area contributed by atoms with Crippen molar-refractivity contribution >= 4 is 24.4 Å². The van der Waals surface area contributed by atoms with Gasteiger partial charge < -0.3 is 0 Å². The first-order valence-corrected chi connectivity index (χ1v) is 14.3. The number of likely N-dealkylation sites (tertiary alicyclic amines) is 1. The summed E-state index contributed by atoms with van der Waals surface area (Å²) in [7, 11) is 3.47. The Hall–Kier alpha value is -0.0999. The molecular weight excluding hydrogens is 468 g/mol. The summed E-state index contributed by atoms with van der Waals surface area (Å²) >= 11 is -0.0106. The van der Waals surface area contributed by atoms with E-state index in [0.29, 0.717) is 12.3 Å². The number of ether oxygens (including phenoxy) is 2. The van der Waals surface area contributed by atoms with Crippen molar-refractivity contribution in [2.24, 2.45) is 5.92 Å². The molecule has 2 rings (SSSR count). The second kappa shape index (κ2) is 13.3. The fourth-order valence-electron chi connectivity index (χ4n) is 4.54. The van der Waals surface area contributed by atoms with Crippen LogP contribution in [-0.4, -0.2) is 72.2 Å². The van der Waals surface area contributed by atoms with Gasteiger partial charge in [0.1, 0.15) is 0 Å². The Labute approximate surface area is 192 Å². The molecule has 1 aliphatic rings. The third kappa shape index (κ3) is 9.28. The summed E-state index contributed by atoms with van der Waals surface area (Å²) in [6.07, 6.45) is 7.76. The van der Waals surface area contributed by atoms with Crippen molar-refractivity contribution in [3.8, 4) is 0 Å². The number of hydrogen-bond acceptors (Lipinski definition) is 3. The summed E-state index contributed by atoms with van der Waals surface area (Å²) in [4.78, 5) is 2.54. The summed E-state index contributed by atoms with van der Waals surface area (Å²) in [6.45, 7) is 5.48. The molecule has 0 amide bonds. The summed E-state index contributed by atoms with van der Waals surface area (Å²) in [5, 5.41) is 0. The van der Waals surface area contributed by atoms with E-state index in [4.69, 9.17) is 9.47 Å². The molecular formula is C24H41FInNO2. The van der Waals surface area contributed by atoms with E-state index in [1.165, 1.54) is 18.4 Å². The van der Waals surface area contributed by atoms with Crippen LogP contribution in [0.3, 0.4) is 0 Å². The minimum absolute atomic E-state index is 0.0106. The molecule has 164 valence electrons. The van der Waals surface area contributed by atoms with E-state index >= 15 is 4.39 Å². The van der Waals surface area contributed by atoms with Gasteiger partial charge in [0.05, 0.1) is 0 Å². The van der Waals surface area contributed by atoms with E-state index in [1.807, 2.05) is 0 Å². The summed E-state index contributed by atoms with van der Waals surface area (Å²) in [5.74, 6) is 0.688. The molecule has 3 nitrogen and oxygen atoms in total. The number of nitrogens with zero attached hydrogens (tertiary/aromatic N) is 1. The molecule has 1 aromatic rings. The van der Waals surface area contributed by atoms with Crippen molar-refractivity contribution in [1.82, 2.24) is 4.90 Å². The first-order chi connectivity index (χ1) is 14.0. The zero-order valence-electron chi connectivity index (χ0n) is 19.0. The SMILES string of the molecule is CCCC(OC)C(CC[C](F)([InH2])CCC1CCN(Cc2ccccc2)CC1)OC. The van der Waals surface area contributed by atoms with E-state index in [2.05, 4.69) is 42.2 Å². The maximum atomic E-state index is 15.2. The van der Waals surface area contributed by atoms with Gasteiger partial charge in [0.15, 0.2) is 0 Å². The second-order valence-electron chi connectivity index (χ2n) is 9.03. The zero-order valence-corrected chi connectivity index (χ0v) is 24.7. The van der Waals surface area contributed by atoms with Crippen molar-refractivity contribution in [1.29, 1.82) is 0 Å². The van der Waals surface area contributed by atoms with Crippen LogP contribution < -0.4 is 0 Å². The molecule has 0 N–H and O–H groups in total. The average Bonchev–Trinajstić information content (AvgIpc) is 2.73. The number of methoxy groups -OCH3 is 2. The van der Waals surface area contributed by atoms with E-state index in [-0.39, 0.29) is 36.6 Å². The third-order valence-corrected chi connectivity index (χ3v) is 9.43. The number of rotatable bonds is 13. The Balaban J connectivity index is 1.69. The molecule has 0 saturated carbocycles. The van der Waals surface area contributed by atoms with Gasteiger partial charge in [0, 0.05) is 0 Å². The monoisotopic (exact) mass is 509 g/mol. The van der Waals surface area contributed by atoms with E-state index < -0.39 is 3.43 Å². The summed E-state index contributed by atoms with van der Waals surface area (Å²) < 4.78 is 25.5. The molecule has 3 atom stereocenters. The maximum absolute atomic E-state index is 15.2. The predicted octanol–water partition coefficient (Wildman–Crippen LogP) is 4.59. The number of piperidine rings is 1. The van der Waals surface area contributed by atoms with Crippen LogP contribution in [0.1, 0.15) is 63.9 Å². The van der Waals surface area contributed by atoms with Gasteiger partial charge in [-0.05, 0) is 0 Å². The topological polar surface area (TPSA) is 21.7 Å². The van der Waals surface area contributed by atoms with Crippen LogP contribution in [0.4, 0.5) is 4.39 Å². The molecule has 3 unspecified atom stereocenters. The quantitative estimate of drug-likeness (QED) is 0.389. The van der Waals surface area contributed by atoms with Crippen LogP contribution >= 0.6 is 0 Å². The van der Waals surface area contributed by atoms with Crippen LogP contribution in [0.15, 0.2) is 30.3 Å². The zero-order chi connectivity index (χ0) is 21.1. The molecule has 0 aliphatic carbocycles. The van der Waals surface area contributed by atoms with Gasteiger partial charge in [-0.25, -0.2) is 0 Å². The molecule has 0 bridgehead atoms. The number of alkyl halides is 1. The molecule has 5 heteroatoms. The number of hydrogen-bond donors (Lipinski definition) is 0. The van der Waals surface area contributed by atoms with E-state index in [9.17, 15) is 0 Å². The first-order valence-electron chi connectivity index (χ1n) is 11.5. The van der Waals surface area contributed by atoms with Crippen LogP contribution in [0.25, 0.3) is 0 Å². The summed E-state index contributed by atoms with van der Waals surface area (Å²) in [5.41, 5.74) is 1.39. The molecule has 1 saturated heterocycles. The van der Waals surface area contributed by atoms with Gasteiger partial charge in [-0.2, -0.15) is 0 Å². The van der Waals surface area contributed by atoms with E-state index in [1.54, 1.807) is 14.2 Å². The van der Waals surface area contributed by atoms with Gasteiger partial charge in [-0.1, -0.05) is 0 Å².